The molecule has 4 aromatic rings. The Hall–Kier alpha value is -4.15. The highest BCUT2D eigenvalue weighted by atomic mass is 32.2. The number of anilines is 3. The molecule has 0 heterocycles. The molecule has 0 saturated heterocycles. The fourth-order valence-corrected chi connectivity index (χ4v) is 5.88. The van der Waals surface area contributed by atoms with Gasteiger partial charge in [0.05, 0.1) is 15.5 Å². The normalized spacial score (nSPS) is 11.5. The van der Waals surface area contributed by atoms with Crippen LogP contribution in [-0.2, 0) is 20.0 Å². The van der Waals surface area contributed by atoms with Crippen molar-refractivity contribution in [3.8, 4) is 0 Å². The molecule has 0 unspecified atom stereocenters. The standard InChI is InChI=1S/C27H25N3O5S2/c1-19-7-6-8-20(2)26(19)30-37(34,35)25-17-15-22(16-18-25)28-27(31)21-11-13-23(14-12-21)29-36(32,33)24-9-4-3-5-10-24/h3-18,29-30H,1-2H3,(H,28,31). The smallest absolute Gasteiger partial charge is 0.261 e. The Morgan fingerprint density at radius 1 is 0.568 bits per heavy atom. The van der Waals surface area contributed by atoms with Crippen LogP contribution in [0.2, 0.25) is 0 Å². The van der Waals surface area contributed by atoms with E-state index in [2.05, 4.69) is 14.8 Å². The third-order valence-corrected chi connectivity index (χ3v) is 8.36. The molecule has 0 aromatic heterocycles. The van der Waals surface area contributed by atoms with Gasteiger partial charge < -0.3 is 5.32 Å². The van der Waals surface area contributed by atoms with Gasteiger partial charge >= 0.3 is 0 Å². The van der Waals surface area contributed by atoms with Crippen LogP contribution in [0.1, 0.15) is 21.5 Å². The van der Waals surface area contributed by atoms with E-state index in [9.17, 15) is 21.6 Å². The zero-order valence-electron chi connectivity index (χ0n) is 20.1. The number of para-hydroxylation sites is 1. The minimum atomic E-state index is -3.81. The second-order valence-corrected chi connectivity index (χ2v) is 11.7. The highest BCUT2D eigenvalue weighted by Gasteiger charge is 2.17. The monoisotopic (exact) mass is 535 g/mol. The van der Waals surface area contributed by atoms with E-state index >= 15 is 0 Å². The summed E-state index contributed by atoms with van der Waals surface area (Å²) in [4.78, 5) is 12.8. The lowest BCUT2D eigenvalue weighted by Crippen LogP contribution is -2.15. The number of carbonyl (C=O) groups is 1. The zero-order valence-corrected chi connectivity index (χ0v) is 21.7. The summed E-state index contributed by atoms with van der Waals surface area (Å²) in [7, 11) is -7.56. The molecule has 1 amide bonds. The van der Waals surface area contributed by atoms with Crippen molar-refractivity contribution < 1.29 is 21.6 Å². The predicted octanol–water partition coefficient (Wildman–Crippen LogP) is 5.16. The summed E-state index contributed by atoms with van der Waals surface area (Å²) in [6.45, 7) is 3.66. The van der Waals surface area contributed by atoms with Gasteiger partial charge in [-0.3, -0.25) is 14.2 Å². The number of hydrogen-bond donors (Lipinski definition) is 3. The topological polar surface area (TPSA) is 121 Å². The number of sulfonamides is 2. The van der Waals surface area contributed by atoms with Gasteiger partial charge in [0, 0.05) is 16.9 Å². The SMILES string of the molecule is Cc1cccc(C)c1NS(=O)(=O)c1ccc(NC(=O)c2ccc(NS(=O)(=O)c3ccccc3)cc2)cc1. The van der Waals surface area contributed by atoms with E-state index in [1.807, 2.05) is 32.0 Å². The highest BCUT2D eigenvalue weighted by molar-refractivity contribution is 7.93. The van der Waals surface area contributed by atoms with Crippen molar-refractivity contribution in [1.82, 2.24) is 0 Å². The summed E-state index contributed by atoms with van der Waals surface area (Å²) in [5, 5.41) is 2.71. The highest BCUT2D eigenvalue weighted by Crippen LogP contribution is 2.24. The number of carbonyl (C=O) groups excluding carboxylic acids is 1. The molecule has 0 spiro atoms. The van der Waals surface area contributed by atoms with Gasteiger partial charge in [0.2, 0.25) is 0 Å². The molecule has 8 nitrogen and oxygen atoms in total. The maximum absolute atomic E-state index is 12.8. The summed E-state index contributed by atoms with van der Waals surface area (Å²) < 4.78 is 55.7. The molecule has 4 aromatic carbocycles. The Bertz CT molecular complexity index is 1610. The van der Waals surface area contributed by atoms with Gasteiger partial charge in [-0.05, 0) is 85.6 Å². The molecule has 37 heavy (non-hydrogen) atoms. The average Bonchev–Trinajstić information content (AvgIpc) is 2.87. The predicted molar refractivity (Wildman–Crippen MR) is 145 cm³/mol. The van der Waals surface area contributed by atoms with E-state index < -0.39 is 26.0 Å². The minimum absolute atomic E-state index is 0.0585. The van der Waals surface area contributed by atoms with Crippen molar-refractivity contribution >= 4 is 43.0 Å². The first-order chi connectivity index (χ1) is 17.5. The molecule has 3 N–H and O–H groups in total. The number of rotatable bonds is 8. The first kappa shape index (κ1) is 25.9. The quantitative estimate of drug-likeness (QED) is 0.288. The molecule has 0 aliphatic rings. The van der Waals surface area contributed by atoms with Crippen LogP contribution in [0.5, 0.6) is 0 Å². The van der Waals surface area contributed by atoms with E-state index in [4.69, 9.17) is 0 Å². The van der Waals surface area contributed by atoms with E-state index in [1.54, 1.807) is 18.2 Å². The Kier molecular flexibility index (Phi) is 7.33. The van der Waals surface area contributed by atoms with Crippen molar-refractivity contribution in [1.29, 1.82) is 0 Å². The van der Waals surface area contributed by atoms with Crippen LogP contribution in [0.25, 0.3) is 0 Å². The van der Waals surface area contributed by atoms with E-state index in [0.29, 0.717) is 22.6 Å². The summed E-state index contributed by atoms with van der Waals surface area (Å²) >= 11 is 0. The molecular weight excluding hydrogens is 510 g/mol. The summed E-state index contributed by atoms with van der Waals surface area (Å²) in [6, 6.07) is 25.3. The van der Waals surface area contributed by atoms with E-state index in [1.165, 1.54) is 60.7 Å². The first-order valence-electron chi connectivity index (χ1n) is 11.2. The largest absolute Gasteiger partial charge is 0.322 e. The fourth-order valence-electron chi connectivity index (χ4n) is 3.59. The number of aryl methyl sites for hydroxylation is 2. The van der Waals surface area contributed by atoms with Gasteiger partial charge in [0.25, 0.3) is 26.0 Å². The van der Waals surface area contributed by atoms with Gasteiger partial charge in [-0.15, -0.1) is 0 Å². The molecule has 0 saturated carbocycles. The van der Waals surface area contributed by atoms with Crippen LogP contribution in [0.3, 0.4) is 0 Å². The van der Waals surface area contributed by atoms with Gasteiger partial charge in [0.1, 0.15) is 0 Å². The van der Waals surface area contributed by atoms with Crippen molar-refractivity contribution in [2.45, 2.75) is 23.6 Å². The summed E-state index contributed by atoms with van der Waals surface area (Å²) in [5.74, 6) is -0.429. The minimum Gasteiger partial charge on any atom is -0.322 e. The van der Waals surface area contributed by atoms with Gasteiger partial charge in [-0.25, -0.2) is 16.8 Å². The van der Waals surface area contributed by atoms with Crippen LogP contribution in [-0.4, -0.2) is 22.7 Å². The number of hydrogen-bond acceptors (Lipinski definition) is 5. The average molecular weight is 536 g/mol. The molecule has 0 aliphatic carbocycles. The van der Waals surface area contributed by atoms with Gasteiger partial charge in [0.15, 0.2) is 0 Å². The van der Waals surface area contributed by atoms with Crippen molar-refractivity contribution in [2.24, 2.45) is 0 Å². The van der Waals surface area contributed by atoms with Gasteiger partial charge in [-0.1, -0.05) is 36.4 Å². The van der Waals surface area contributed by atoms with Crippen LogP contribution in [0.15, 0.2) is 107 Å². The molecule has 0 atom stereocenters. The van der Waals surface area contributed by atoms with Crippen LogP contribution < -0.4 is 14.8 Å². The van der Waals surface area contributed by atoms with Crippen LogP contribution >= 0.6 is 0 Å². The van der Waals surface area contributed by atoms with E-state index in [0.717, 1.165) is 11.1 Å². The van der Waals surface area contributed by atoms with E-state index in [-0.39, 0.29) is 9.79 Å². The molecule has 0 radical (unpaired) electrons. The van der Waals surface area contributed by atoms with Crippen molar-refractivity contribution in [2.75, 3.05) is 14.8 Å². The second kappa shape index (κ2) is 10.5. The lowest BCUT2D eigenvalue weighted by atomic mass is 10.1. The Balaban J connectivity index is 1.42. The second-order valence-electron chi connectivity index (χ2n) is 8.35. The molecule has 0 aliphatic heterocycles. The Labute approximate surface area is 216 Å². The zero-order chi connectivity index (χ0) is 26.6. The molecule has 190 valence electrons. The third-order valence-electron chi connectivity index (χ3n) is 5.59. The molecular formula is C27H25N3O5S2. The third kappa shape index (κ3) is 6.16. The van der Waals surface area contributed by atoms with Crippen molar-refractivity contribution in [3.05, 3.63) is 114 Å². The molecule has 0 bridgehead atoms. The first-order valence-corrected chi connectivity index (χ1v) is 14.2. The molecule has 4 rings (SSSR count). The lowest BCUT2D eigenvalue weighted by Gasteiger charge is -2.13. The number of nitrogens with one attached hydrogen (secondary N) is 3. The van der Waals surface area contributed by atoms with Gasteiger partial charge in [-0.2, -0.15) is 0 Å². The molecule has 0 fully saturated rings. The Morgan fingerprint density at radius 2 is 1.08 bits per heavy atom. The number of benzene rings is 4. The molecule has 10 heteroatoms. The number of amides is 1. The van der Waals surface area contributed by atoms with Crippen LogP contribution in [0.4, 0.5) is 17.1 Å². The maximum atomic E-state index is 12.8. The lowest BCUT2D eigenvalue weighted by molar-refractivity contribution is 0.102. The van der Waals surface area contributed by atoms with Crippen molar-refractivity contribution in [3.63, 3.8) is 0 Å². The van der Waals surface area contributed by atoms with Crippen LogP contribution in [0, 0.1) is 13.8 Å². The Morgan fingerprint density at radius 3 is 1.68 bits per heavy atom. The summed E-state index contributed by atoms with van der Waals surface area (Å²) in [6.07, 6.45) is 0. The fraction of sp³-hybridized carbons (Fsp3) is 0.0741. The maximum Gasteiger partial charge on any atom is 0.261 e. The summed E-state index contributed by atoms with van der Waals surface area (Å²) in [5.41, 5.74) is 3.18.